The predicted molar refractivity (Wildman–Crippen MR) is 102 cm³/mol. The summed E-state index contributed by atoms with van der Waals surface area (Å²) in [4.78, 5) is 16.1. The zero-order valence-electron chi connectivity index (χ0n) is 15.4. The average molecular weight is 476 g/mol. The Morgan fingerprint density at radius 3 is 2.48 bits per heavy atom. The molecule has 4 N–H and O–H groups in total. The van der Waals surface area contributed by atoms with Crippen LogP contribution in [-0.4, -0.2) is 42.1 Å². The van der Waals surface area contributed by atoms with E-state index in [-0.39, 0.29) is 21.2 Å². The third kappa shape index (κ3) is 3.72. The van der Waals surface area contributed by atoms with Crippen molar-refractivity contribution in [2.24, 2.45) is 0 Å². The number of carbonyl (C=O) groups is 1. The summed E-state index contributed by atoms with van der Waals surface area (Å²) in [6, 6.07) is 10.9. The highest BCUT2D eigenvalue weighted by molar-refractivity contribution is 7.91. The van der Waals surface area contributed by atoms with Crippen molar-refractivity contribution in [3.05, 3.63) is 59.0 Å². The van der Waals surface area contributed by atoms with E-state index in [4.69, 9.17) is 0 Å². The van der Waals surface area contributed by atoms with Gasteiger partial charge in [0.25, 0.3) is 10.0 Å². The van der Waals surface area contributed by atoms with Crippen LogP contribution in [0.5, 0.6) is 0 Å². The Morgan fingerprint density at radius 1 is 1.23 bits per heavy atom. The maximum absolute atomic E-state index is 12.9. The number of hydrogen-bond donors (Lipinski definition) is 4. The van der Waals surface area contributed by atoms with Crippen molar-refractivity contribution in [1.29, 1.82) is 0 Å². The van der Waals surface area contributed by atoms with Gasteiger partial charge in [-0.3, -0.25) is 10.3 Å². The van der Waals surface area contributed by atoms with Crippen LogP contribution in [0.1, 0.15) is 22.8 Å². The minimum absolute atomic E-state index is 0.0420. The molecule has 1 unspecified atom stereocenters. The Labute approximate surface area is 178 Å². The van der Waals surface area contributed by atoms with Crippen LogP contribution < -0.4 is 10.2 Å². The fourth-order valence-corrected chi connectivity index (χ4v) is 5.96. The van der Waals surface area contributed by atoms with Crippen LogP contribution in [0.15, 0.2) is 52.7 Å². The number of hydroxylamine groups is 1. The molecular weight excluding hydrogens is 461 g/mol. The monoisotopic (exact) mass is 476 g/mol. The summed E-state index contributed by atoms with van der Waals surface area (Å²) in [6.07, 6.45) is -4.67. The second-order valence-electron chi connectivity index (χ2n) is 7.12. The molecule has 2 heterocycles. The molecule has 1 aliphatic heterocycles. The molecule has 0 amide bonds. The van der Waals surface area contributed by atoms with E-state index >= 15 is 0 Å². The summed E-state index contributed by atoms with van der Waals surface area (Å²) in [6.45, 7) is 0. The molecule has 1 aromatic heterocycles. The zero-order valence-corrected chi connectivity index (χ0v) is 17.0. The normalized spacial score (nSPS) is 28.1. The number of halogens is 3. The van der Waals surface area contributed by atoms with Crippen LogP contribution in [-0.2, 0) is 19.7 Å². The van der Waals surface area contributed by atoms with Gasteiger partial charge in [-0.25, -0.2) is 13.3 Å². The van der Waals surface area contributed by atoms with Crippen molar-refractivity contribution >= 4 is 33.0 Å². The second-order valence-corrected chi connectivity index (χ2v) is 10.1. The van der Waals surface area contributed by atoms with Gasteiger partial charge in [0.15, 0.2) is 0 Å². The zero-order chi connectivity index (χ0) is 22.7. The molecule has 0 saturated heterocycles. The van der Waals surface area contributed by atoms with Crippen molar-refractivity contribution in [3.63, 3.8) is 0 Å². The minimum atomic E-state index is -5.11. The largest absolute Gasteiger partial charge is 0.480 e. The van der Waals surface area contributed by atoms with E-state index in [1.54, 1.807) is 30.3 Å². The van der Waals surface area contributed by atoms with E-state index in [1.165, 1.54) is 6.07 Å². The Bertz CT molecular complexity index is 1160. The molecule has 1 fully saturated rings. The standard InChI is InChI=1S/C18H15F3N2O6S2/c19-18(20,21)17(26)9-12(22-29-17)13-6-7-14(30-13)31(27,28)23-16(15(24)25)8-11(16)10-4-2-1-3-5-10/h1-7,9,11,22-23,26H,8H2,(H,24,25)/t11-,16+,17?/m1/s1. The van der Waals surface area contributed by atoms with Crippen molar-refractivity contribution in [2.75, 3.05) is 0 Å². The number of benzene rings is 1. The third-order valence-corrected chi connectivity index (χ3v) is 8.16. The summed E-state index contributed by atoms with van der Waals surface area (Å²) < 4.78 is 66.1. The number of rotatable bonds is 6. The van der Waals surface area contributed by atoms with Crippen molar-refractivity contribution in [1.82, 2.24) is 10.2 Å². The van der Waals surface area contributed by atoms with Gasteiger partial charge in [-0.05, 0) is 24.1 Å². The van der Waals surface area contributed by atoms with Crippen LogP contribution in [0.4, 0.5) is 13.2 Å². The number of aliphatic hydroxyl groups is 1. The molecule has 4 rings (SSSR count). The Hall–Kier alpha value is -2.45. The molecule has 2 aromatic rings. The number of carboxylic acid groups (broad SMARTS) is 1. The molecule has 13 heteroatoms. The first-order chi connectivity index (χ1) is 14.4. The van der Waals surface area contributed by atoms with Gasteiger partial charge < -0.3 is 10.2 Å². The van der Waals surface area contributed by atoms with Gasteiger partial charge in [0.1, 0.15) is 9.75 Å². The maximum atomic E-state index is 12.9. The van der Waals surface area contributed by atoms with Gasteiger partial charge in [0.2, 0.25) is 0 Å². The van der Waals surface area contributed by atoms with Gasteiger partial charge in [-0.1, -0.05) is 30.3 Å². The minimum Gasteiger partial charge on any atom is -0.480 e. The van der Waals surface area contributed by atoms with Gasteiger partial charge in [0.05, 0.1) is 10.6 Å². The molecule has 2 aliphatic rings. The molecule has 8 nitrogen and oxygen atoms in total. The summed E-state index contributed by atoms with van der Waals surface area (Å²) in [5.74, 6) is -5.44. The quantitative estimate of drug-likeness (QED) is 0.504. The molecular formula is C18H15F3N2O6S2. The lowest BCUT2D eigenvalue weighted by Crippen LogP contribution is -2.45. The first kappa shape index (κ1) is 21.8. The fraction of sp³-hybridized carbons (Fsp3) is 0.278. The molecule has 0 bridgehead atoms. The maximum Gasteiger partial charge on any atom is 0.449 e. The van der Waals surface area contributed by atoms with Crippen molar-refractivity contribution in [2.45, 2.75) is 34.1 Å². The number of hydrogen-bond acceptors (Lipinski definition) is 7. The molecule has 3 atom stereocenters. The van der Waals surface area contributed by atoms with Crippen LogP contribution >= 0.6 is 11.3 Å². The Balaban J connectivity index is 1.58. The van der Waals surface area contributed by atoms with E-state index in [9.17, 15) is 36.6 Å². The van der Waals surface area contributed by atoms with Gasteiger partial charge in [-0.2, -0.15) is 17.9 Å². The van der Waals surface area contributed by atoms with Crippen LogP contribution in [0.25, 0.3) is 5.70 Å². The van der Waals surface area contributed by atoms with Gasteiger partial charge in [0, 0.05) is 12.0 Å². The van der Waals surface area contributed by atoms with E-state index in [1.807, 2.05) is 5.48 Å². The molecule has 0 spiro atoms. The Kier molecular flexibility index (Phi) is 4.94. The first-order valence-corrected chi connectivity index (χ1v) is 11.1. The lowest BCUT2D eigenvalue weighted by Gasteiger charge is -2.21. The van der Waals surface area contributed by atoms with E-state index in [0.29, 0.717) is 23.0 Å². The lowest BCUT2D eigenvalue weighted by molar-refractivity contribution is -0.345. The smallest absolute Gasteiger partial charge is 0.449 e. The summed E-state index contributed by atoms with van der Waals surface area (Å²) >= 11 is 0.593. The highest BCUT2D eigenvalue weighted by Gasteiger charge is 2.63. The molecule has 1 saturated carbocycles. The van der Waals surface area contributed by atoms with Crippen LogP contribution in [0.3, 0.4) is 0 Å². The van der Waals surface area contributed by atoms with Crippen molar-refractivity contribution < 1.29 is 41.4 Å². The molecule has 1 aromatic carbocycles. The van der Waals surface area contributed by atoms with E-state index in [0.717, 1.165) is 6.07 Å². The molecule has 1 aliphatic carbocycles. The Morgan fingerprint density at radius 2 is 1.90 bits per heavy atom. The molecule has 0 radical (unpaired) electrons. The predicted octanol–water partition coefficient (Wildman–Crippen LogP) is 2.16. The highest BCUT2D eigenvalue weighted by atomic mass is 32.2. The summed E-state index contributed by atoms with van der Waals surface area (Å²) in [5.41, 5.74) is 0.620. The van der Waals surface area contributed by atoms with Gasteiger partial charge >= 0.3 is 17.9 Å². The summed E-state index contributed by atoms with van der Waals surface area (Å²) in [5, 5.41) is 19.2. The number of alkyl halides is 3. The number of thiophene rings is 1. The number of sulfonamides is 1. The average Bonchev–Trinajstić information content (AvgIpc) is 3.04. The van der Waals surface area contributed by atoms with Crippen molar-refractivity contribution in [3.8, 4) is 0 Å². The highest BCUT2D eigenvalue weighted by Crippen LogP contribution is 2.52. The van der Waals surface area contributed by atoms with Crippen LogP contribution in [0.2, 0.25) is 0 Å². The van der Waals surface area contributed by atoms with E-state index in [2.05, 4.69) is 9.56 Å². The fourth-order valence-electron chi connectivity index (χ4n) is 3.29. The second kappa shape index (κ2) is 7.03. The van der Waals surface area contributed by atoms with Crippen LogP contribution in [0, 0.1) is 0 Å². The topological polar surface area (TPSA) is 125 Å². The third-order valence-electron chi connectivity index (χ3n) is 5.04. The molecule has 31 heavy (non-hydrogen) atoms. The summed E-state index contributed by atoms with van der Waals surface area (Å²) in [7, 11) is -4.30. The SMILES string of the molecule is O=C(O)[C@]1(NS(=O)(=O)c2ccc(C3=CC(O)(C(F)(F)F)ON3)s2)C[C@@H]1c1ccccc1. The van der Waals surface area contributed by atoms with E-state index < -0.39 is 39.4 Å². The number of nitrogens with one attached hydrogen (secondary N) is 2. The first-order valence-electron chi connectivity index (χ1n) is 8.76. The number of aliphatic carboxylic acids is 1. The lowest BCUT2D eigenvalue weighted by atomic mass is 10.1. The molecule has 166 valence electrons. The van der Waals surface area contributed by atoms with Gasteiger partial charge in [-0.15, -0.1) is 11.3 Å². The number of carboxylic acids is 1.